The second kappa shape index (κ2) is 7.55. The molecule has 0 saturated carbocycles. The maximum Gasteiger partial charge on any atom is 0.263 e. The molecule has 2 aromatic heterocycles. The average Bonchev–Trinajstić information content (AvgIpc) is 3.06. The number of rotatable bonds is 4. The summed E-state index contributed by atoms with van der Waals surface area (Å²) in [5.41, 5.74) is 1.05. The summed E-state index contributed by atoms with van der Waals surface area (Å²) < 4.78 is 0. The Morgan fingerprint density at radius 1 is 1.25 bits per heavy atom. The molecule has 126 valence electrons. The average molecular weight is 344 g/mol. The van der Waals surface area contributed by atoms with Crippen LogP contribution in [0.1, 0.15) is 33.4 Å². The fraction of sp³-hybridized carbons (Fsp3) is 0.353. The van der Waals surface area contributed by atoms with Crippen LogP contribution in [0.5, 0.6) is 0 Å². The van der Waals surface area contributed by atoms with Gasteiger partial charge in [0.05, 0.1) is 5.69 Å². The van der Waals surface area contributed by atoms with Gasteiger partial charge < -0.3 is 16.0 Å². The summed E-state index contributed by atoms with van der Waals surface area (Å²) in [7, 11) is 0. The SMILES string of the molecule is CC1CNCCC1NC(=O)c1sccc1NC(=O)c1ccncc1. The van der Waals surface area contributed by atoms with Crippen molar-refractivity contribution in [1.82, 2.24) is 15.6 Å². The van der Waals surface area contributed by atoms with Crippen molar-refractivity contribution < 1.29 is 9.59 Å². The van der Waals surface area contributed by atoms with Gasteiger partial charge in [0.15, 0.2) is 0 Å². The number of hydrogen-bond acceptors (Lipinski definition) is 5. The number of amides is 2. The van der Waals surface area contributed by atoms with Crippen LogP contribution in [0.3, 0.4) is 0 Å². The Morgan fingerprint density at radius 2 is 2.04 bits per heavy atom. The molecule has 0 aliphatic carbocycles. The summed E-state index contributed by atoms with van der Waals surface area (Å²) >= 11 is 1.33. The molecular formula is C17H20N4O2S. The van der Waals surface area contributed by atoms with E-state index in [1.165, 1.54) is 11.3 Å². The smallest absolute Gasteiger partial charge is 0.263 e. The normalized spacial score (nSPS) is 20.4. The third-order valence-electron chi connectivity index (χ3n) is 4.16. The van der Waals surface area contributed by atoms with Gasteiger partial charge in [-0.15, -0.1) is 11.3 Å². The first kappa shape index (κ1) is 16.6. The Balaban J connectivity index is 1.68. The zero-order chi connectivity index (χ0) is 16.9. The van der Waals surface area contributed by atoms with E-state index < -0.39 is 0 Å². The number of thiophene rings is 1. The van der Waals surface area contributed by atoms with Crippen LogP contribution in [-0.4, -0.2) is 35.9 Å². The second-order valence-electron chi connectivity index (χ2n) is 5.90. The molecule has 1 aliphatic heterocycles. The lowest BCUT2D eigenvalue weighted by molar-refractivity contribution is 0.0919. The van der Waals surface area contributed by atoms with Gasteiger partial charge in [-0.05, 0) is 49.0 Å². The summed E-state index contributed by atoms with van der Waals surface area (Å²) in [6, 6.07) is 5.19. The number of pyridine rings is 1. The van der Waals surface area contributed by atoms with Crippen molar-refractivity contribution in [3.63, 3.8) is 0 Å². The highest BCUT2D eigenvalue weighted by Crippen LogP contribution is 2.24. The molecule has 1 saturated heterocycles. The second-order valence-corrected chi connectivity index (χ2v) is 6.82. The van der Waals surface area contributed by atoms with Gasteiger partial charge in [0.25, 0.3) is 11.8 Å². The van der Waals surface area contributed by atoms with E-state index in [9.17, 15) is 9.59 Å². The van der Waals surface area contributed by atoms with Gasteiger partial charge in [-0.2, -0.15) is 0 Å². The minimum Gasteiger partial charge on any atom is -0.348 e. The molecule has 2 amide bonds. The molecule has 1 fully saturated rings. The Labute approximate surface area is 144 Å². The maximum atomic E-state index is 12.6. The van der Waals surface area contributed by atoms with Crippen LogP contribution < -0.4 is 16.0 Å². The summed E-state index contributed by atoms with van der Waals surface area (Å²) in [6.07, 6.45) is 4.04. The zero-order valence-corrected chi connectivity index (χ0v) is 14.2. The highest BCUT2D eigenvalue weighted by molar-refractivity contribution is 7.12. The number of anilines is 1. The lowest BCUT2D eigenvalue weighted by Crippen LogP contribution is -2.48. The molecule has 2 unspecified atom stereocenters. The molecule has 6 nitrogen and oxygen atoms in total. The molecule has 0 radical (unpaired) electrons. The number of aromatic nitrogens is 1. The van der Waals surface area contributed by atoms with Gasteiger partial charge in [-0.25, -0.2) is 0 Å². The van der Waals surface area contributed by atoms with Crippen LogP contribution in [0, 0.1) is 5.92 Å². The maximum absolute atomic E-state index is 12.6. The third kappa shape index (κ3) is 3.80. The van der Waals surface area contributed by atoms with Crippen LogP contribution in [0.25, 0.3) is 0 Å². The molecule has 0 aromatic carbocycles. The van der Waals surface area contributed by atoms with Crippen LogP contribution in [0.4, 0.5) is 5.69 Å². The third-order valence-corrected chi connectivity index (χ3v) is 5.08. The molecule has 7 heteroatoms. The molecule has 0 spiro atoms. The van der Waals surface area contributed by atoms with E-state index in [-0.39, 0.29) is 17.9 Å². The predicted molar refractivity (Wildman–Crippen MR) is 94.4 cm³/mol. The van der Waals surface area contributed by atoms with Gasteiger partial charge in [-0.1, -0.05) is 6.92 Å². The zero-order valence-electron chi connectivity index (χ0n) is 13.4. The lowest BCUT2D eigenvalue weighted by atomic mass is 9.95. The van der Waals surface area contributed by atoms with Crippen molar-refractivity contribution in [2.24, 2.45) is 5.92 Å². The van der Waals surface area contributed by atoms with Gasteiger partial charge >= 0.3 is 0 Å². The Bertz CT molecular complexity index is 716. The molecule has 2 aromatic rings. The summed E-state index contributed by atoms with van der Waals surface area (Å²) in [4.78, 5) is 29.3. The van der Waals surface area contributed by atoms with Gasteiger partial charge in [0.2, 0.25) is 0 Å². The summed E-state index contributed by atoms with van der Waals surface area (Å²) in [5, 5.41) is 11.0. The van der Waals surface area contributed by atoms with Crippen molar-refractivity contribution in [2.45, 2.75) is 19.4 Å². The number of carbonyl (C=O) groups excluding carboxylic acids is 2. The van der Waals surface area contributed by atoms with E-state index in [0.29, 0.717) is 22.0 Å². The van der Waals surface area contributed by atoms with Crippen molar-refractivity contribution in [2.75, 3.05) is 18.4 Å². The lowest BCUT2D eigenvalue weighted by Gasteiger charge is -2.30. The van der Waals surface area contributed by atoms with Crippen LogP contribution in [0.2, 0.25) is 0 Å². The highest BCUT2D eigenvalue weighted by Gasteiger charge is 2.25. The predicted octanol–water partition coefficient (Wildman–Crippen LogP) is 2.12. The first-order valence-electron chi connectivity index (χ1n) is 7.95. The van der Waals surface area contributed by atoms with E-state index in [0.717, 1.165) is 19.5 Å². The molecule has 3 rings (SSSR count). The molecule has 2 atom stereocenters. The number of piperidine rings is 1. The van der Waals surface area contributed by atoms with Gasteiger partial charge in [0.1, 0.15) is 4.88 Å². The highest BCUT2D eigenvalue weighted by atomic mass is 32.1. The van der Waals surface area contributed by atoms with E-state index >= 15 is 0 Å². The van der Waals surface area contributed by atoms with Crippen molar-refractivity contribution in [3.8, 4) is 0 Å². The minimum atomic E-state index is -0.250. The van der Waals surface area contributed by atoms with Crippen molar-refractivity contribution in [3.05, 3.63) is 46.4 Å². The standard InChI is InChI=1S/C17H20N4O2S/c1-11-10-19-8-4-13(11)20-17(23)15-14(5-9-24-15)21-16(22)12-2-6-18-7-3-12/h2-3,5-7,9,11,13,19H,4,8,10H2,1H3,(H,20,23)(H,21,22). The monoisotopic (exact) mass is 344 g/mol. The topological polar surface area (TPSA) is 83.1 Å². The van der Waals surface area contributed by atoms with Gasteiger partial charge in [0, 0.05) is 24.0 Å². The number of nitrogens with zero attached hydrogens (tertiary/aromatic N) is 1. The number of nitrogens with one attached hydrogen (secondary N) is 3. The molecule has 24 heavy (non-hydrogen) atoms. The largest absolute Gasteiger partial charge is 0.348 e. The van der Waals surface area contributed by atoms with E-state index in [1.807, 2.05) is 5.38 Å². The van der Waals surface area contributed by atoms with E-state index in [2.05, 4.69) is 27.9 Å². The first-order chi connectivity index (χ1) is 11.6. The molecule has 0 bridgehead atoms. The quantitative estimate of drug-likeness (QED) is 0.793. The minimum absolute atomic E-state index is 0.131. The van der Waals surface area contributed by atoms with Crippen LogP contribution in [0.15, 0.2) is 36.0 Å². The molecule has 1 aliphatic rings. The summed E-state index contributed by atoms with van der Waals surface area (Å²) in [5.74, 6) is 0.00591. The van der Waals surface area contributed by atoms with Crippen LogP contribution >= 0.6 is 11.3 Å². The first-order valence-corrected chi connectivity index (χ1v) is 8.83. The Hall–Kier alpha value is -2.25. The molecule has 3 heterocycles. The van der Waals surface area contributed by atoms with Crippen molar-refractivity contribution >= 4 is 28.8 Å². The number of hydrogen-bond donors (Lipinski definition) is 3. The fourth-order valence-corrected chi connectivity index (χ4v) is 3.50. The molecular weight excluding hydrogens is 324 g/mol. The fourth-order valence-electron chi connectivity index (χ4n) is 2.74. The summed E-state index contributed by atoms with van der Waals surface area (Å²) in [6.45, 7) is 3.93. The van der Waals surface area contributed by atoms with Crippen molar-refractivity contribution in [1.29, 1.82) is 0 Å². The van der Waals surface area contributed by atoms with Gasteiger partial charge in [-0.3, -0.25) is 14.6 Å². The van der Waals surface area contributed by atoms with Crippen LogP contribution in [-0.2, 0) is 0 Å². The van der Waals surface area contributed by atoms with E-state index in [4.69, 9.17) is 0 Å². The number of carbonyl (C=O) groups is 2. The Morgan fingerprint density at radius 3 is 2.79 bits per heavy atom. The van der Waals surface area contributed by atoms with E-state index in [1.54, 1.807) is 30.6 Å². The Kier molecular flexibility index (Phi) is 5.22. The molecule has 3 N–H and O–H groups in total.